The zero-order chi connectivity index (χ0) is 24.6. The fraction of sp³-hybridized carbons (Fsp3) is 0.240. The fourth-order valence-electron chi connectivity index (χ4n) is 2.96. The second-order valence-electron chi connectivity index (χ2n) is 7.90. The molecule has 0 saturated carbocycles. The monoisotopic (exact) mass is 473 g/mol. The van der Waals surface area contributed by atoms with Crippen LogP contribution in [0.25, 0.3) is 0 Å². The summed E-state index contributed by atoms with van der Waals surface area (Å²) in [6.07, 6.45) is 0. The number of benzene rings is 2. The molecule has 0 saturated heterocycles. The van der Waals surface area contributed by atoms with Crippen molar-refractivity contribution >= 4 is 17.6 Å². The molecule has 4 rings (SSSR count). The first-order valence-electron chi connectivity index (χ1n) is 11.1. The minimum Gasteiger partial charge on any atom is -0.490 e. The summed E-state index contributed by atoms with van der Waals surface area (Å²) in [5.74, 6) is 2.20. The quantitative estimate of drug-likeness (QED) is 0.334. The van der Waals surface area contributed by atoms with Crippen LogP contribution in [-0.4, -0.2) is 52.5 Å². The number of hydrogen-bond acceptors (Lipinski definition) is 10. The molecule has 0 bridgehead atoms. The van der Waals surface area contributed by atoms with Crippen molar-refractivity contribution in [3.63, 3.8) is 0 Å². The lowest BCUT2D eigenvalue weighted by molar-refractivity contribution is 0.209. The molecular weight excluding hydrogens is 446 g/mol. The van der Waals surface area contributed by atoms with Crippen molar-refractivity contribution in [1.82, 2.24) is 25.1 Å². The molecule has 1 N–H and O–H groups in total. The lowest BCUT2D eigenvalue weighted by atomic mass is 10.2. The third kappa shape index (κ3) is 6.76. The Kier molecular flexibility index (Phi) is 7.51. The van der Waals surface area contributed by atoms with E-state index in [-0.39, 0.29) is 11.9 Å². The molecule has 180 valence electrons. The molecule has 0 fully saturated rings. The summed E-state index contributed by atoms with van der Waals surface area (Å²) in [5, 5.41) is 11.3. The Hall–Kier alpha value is -4.47. The van der Waals surface area contributed by atoms with Gasteiger partial charge in [0.25, 0.3) is 0 Å². The van der Waals surface area contributed by atoms with E-state index in [1.54, 1.807) is 17.0 Å². The van der Waals surface area contributed by atoms with Crippen molar-refractivity contribution in [2.45, 2.75) is 13.8 Å². The van der Waals surface area contributed by atoms with Crippen LogP contribution in [-0.2, 0) is 0 Å². The van der Waals surface area contributed by atoms with Gasteiger partial charge in [0.15, 0.2) is 0 Å². The fourth-order valence-corrected chi connectivity index (χ4v) is 2.96. The van der Waals surface area contributed by atoms with Crippen molar-refractivity contribution in [3.8, 4) is 23.5 Å². The van der Waals surface area contributed by atoms with Crippen LogP contribution >= 0.6 is 0 Å². The van der Waals surface area contributed by atoms with E-state index >= 15 is 0 Å². The van der Waals surface area contributed by atoms with Gasteiger partial charge in [-0.1, -0.05) is 35.9 Å². The van der Waals surface area contributed by atoms with Crippen LogP contribution in [0.3, 0.4) is 0 Å². The van der Waals surface area contributed by atoms with Crippen molar-refractivity contribution in [2.24, 2.45) is 0 Å². The molecule has 2 heterocycles. The number of aryl methyl sites for hydroxylation is 2. The van der Waals surface area contributed by atoms with E-state index in [0.29, 0.717) is 31.0 Å². The Morgan fingerprint density at radius 1 is 0.771 bits per heavy atom. The molecule has 2 aromatic heterocycles. The summed E-state index contributed by atoms with van der Waals surface area (Å²) in [6.45, 7) is 4.74. The molecule has 4 aromatic rings. The molecule has 10 heteroatoms. The minimum absolute atomic E-state index is 0.0907. The molecule has 0 aliphatic rings. The van der Waals surface area contributed by atoms with Crippen molar-refractivity contribution in [2.75, 3.05) is 37.5 Å². The van der Waals surface area contributed by atoms with Gasteiger partial charge in [0.05, 0.1) is 0 Å². The Morgan fingerprint density at radius 3 is 2.20 bits per heavy atom. The van der Waals surface area contributed by atoms with E-state index in [9.17, 15) is 0 Å². The largest absolute Gasteiger partial charge is 0.490 e. The lowest BCUT2D eigenvalue weighted by Crippen LogP contribution is -2.15. The maximum Gasteiger partial charge on any atom is 0.330 e. The van der Waals surface area contributed by atoms with Crippen LogP contribution in [0.15, 0.2) is 60.7 Å². The SMILES string of the molecule is Cc1ccc(Nc2nc(Oc3ccc(OCCOc4ccccc4C)nn3)nc(N(C)C)n2)cc1. The van der Waals surface area contributed by atoms with E-state index in [2.05, 4.69) is 30.5 Å². The summed E-state index contributed by atoms with van der Waals surface area (Å²) in [6, 6.07) is 19.1. The van der Waals surface area contributed by atoms with Crippen LogP contribution in [0.4, 0.5) is 17.6 Å². The van der Waals surface area contributed by atoms with E-state index in [4.69, 9.17) is 14.2 Å². The predicted molar refractivity (Wildman–Crippen MR) is 133 cm³/mol. The molecule has 2 aromatic carbocycles. The standard InChI is InChI=1S/C25H27N7O3/c1-17-9-11-19(12-10-17)26-23-27-24(32(3)4)29-25(28-23)35-22-14-13-21(30-31-22)34-16-15-33-20-8-6-5-7-18(20)2/h5-14H,15-16H2,1-4H3,(H,26,27,28,29). The van der Waals surface area contributed by atoms with E-state index in [0.717, 1.165) is 22.6 Å². The molecule has 0 atom stereocenters. The zero-order valence-electron chi connectivity index (χ0n) is 20.1. The third-order valence-corrected chi connectivity index (χ3v) is 4.81. The van der Waals surface area contributed by atoms with Gasteiger partial charge in [-0.15, -0.1) is 10.2 Å². The topological polar surface area (TPSA) is 107 Å². The highest BCUT2D eigenvalue weighted by Crippen LogP contribution is 2.22. The van der Waals surface area contributed by atoms with Crippen molar-refractivity contribution in [1.29, 1.82) is 0 Å². The number of ether oxygens (including phenoxy) is 3. The second-order valence-corrected chi connectivity index (χ2v) is 7.90. The number of aromatic nitrogens is 5. The van der Waals surface area contributed by atoms with E-state index in [1.807, 2.05) is 76.5 Å². The van der Waals surface area contributed by atoms with Crippen LogP contribution in [0.1, 0.15) is 11.1 Å². The number of nitrogens with one attached hydrogen (secondary N) is 1. The Labute approximate surface area is 204 Å². The van der Waals surface area contributed by atoms with Gasteiger partial charge in [-0.05, 0) is 37.6 Å². The maximum absolute atomic E-state index is 5.74. The summed E-state index contributed by atoms with van der Waals surface area (Å²) in [7, 11) is 3.67. The van der Waals surface area contributed by atoms with Crippen LogP contribution in [0.5, 0.6) is 23.5 Å². The van der Waals surface area contributed by atoms with E-state index < -0.39 is 0 Å². The number of nitrogens with zero attached hydrogens (tertiary/aromatic N) is 6. The zero-order valence-corrected chi connectivity index (χ0v) is 20.1. The molecular formula is C25H27N7O3. The average Bonchev–Trinajstić information content (AvgIpc) is 2.85. The first kappa shape index (κ1) is 23.7. The predicted octanol–water partition coefficient (Wildman–Crippen LogP) is 4.34. The second kappa shape index (κ2) is 11.1. The molecule has 10 nitrogen and oxygen atoms in total. The molecule has 0 aliphatic heterocycles. The average molecular weight is 474 g/mol. The number of para-hydroxylation sites is 1. The Morgan fingerprint density at radius 2 is 1.49 bits per heavy atom. The Balaban J connectivity index is 1.36. The van der Waals surface area contributed by atoms with Gasteiger partial charge in [-0.2, -0.15) is 15.0 Å². The minimum atomic E-state index is 0.0907. The molecule has 0 aliphatic carbocycles. The van der Waals surface area contributed by atoms with Crippen molar-refractivity contribution in [3.05, 3.63) is 71.8 Å². The van der Waals surface area contributed by atoms with Gasteiger partial charge in [0, 0.05) is 31.9 Å². The maximum atomic E-state index is 5.74. The smallest absolute Gasteiger partial charge is 0.330 e. The van der Waals surface area contributed by atoms with Gasteiger partial charge in [0.1, 0.15) is 19.0 Å². The summed E-state index contributed by atoms with van der Waals surface area (Å²) >= 11 is 0. The first-order chi connectivity index (χ1) is 17.0. The van der Waals surface area contributed by atoms with Gasteiger partial charge in [0.2, 0.25) is 23.7 Å². The molecule has 0 unspecified atom stereocenters. The molecule has 0 amide bonds. The molecule has 0 radical (unpaired) electrons. The number of rotatable bonds is 10. The van der Waals surface area contributed by atoms with Crippen LogP contribution in [0, 0.1) is 13.8 Å². The molecule has 35 heavy (non-hydrogen) atoms. The van der Waals surface area contributed by atoms with Gasteiger partial charge >= 0.3 is 6.01 Å². The molecule has 0 spiro atoms. The first-order valence-corrected chi connectivity index (χ1v) is 11.1. The normalized spacial score (nSPS) is 10.5. The highest BCUT2D eigenvalue weighted by atomic mass is 16.5. The summed E-state index contributed by atoms with van der Waals surface area (Å²) in [4.78, 5) is 14.9. The van der Waals surface area contributed by atoms with Crippen LogP contribution in [0.2, 0.25) is 0 Å². The van der Waals surface area contributed by atoms with Crippen molar-refractivity contribution < 1.29 is 14.2 Å². The highest BCUT2D eigenvalue weighted by Gasteiger charge is 2.12. The van der Waals surface area contributed by atoms with Gasteiger partial charge in [-0.25, -0.2) is 0 Å². The number of anilines is 3. The lowest BCUT2D eigenvalue weighted by Gasteiger charge is -2.13. The third-order valence-electron chi connectivity index (χ3n) is 4.81. The van der Waals surface area contributed by atoms with E-state index in [1.165, 1.54) is 0 Å². The highest BCUT2D eigenvalue weighted by molar-refractivity contribution is 5.55. The van der Waals surface area contributed by atoms with Gasteiger partial charge < -0.3 is 24.4 Å². The number of hydrogen-bond donors (Lipinski definition) is 1. The summed E-state index contributed by atoms with van der Waals surface area (Å²) in [5.41, 5.74) is 3.08. The van der Waals surface area contributed by atoms with Gasteiger partial charge in [-0.3, -0.25) is 0 Å². The van der Waals surface area contributed by atoms with Crippen LogP contribution < -0.4 is 24.4 Å². The summed E-state index contributed by atoms with van der Waals surface area (Å²) < 4.78 is 17.1. The Bertz CT molecular complexity index is 1250.